The van der Waals surface area contributed by atoms with Crippen molar-refractivity contribution in [2.24, 2.45) is 5.92 Å². The van der Waals surface area contributed by atoms with Crippen molar-refractivity contribution in [3.8, 4) is 11.4 Å². The van der Waals surface area contributed by atoms with Gasteiger partial charge in [0.25, 0.3) is 0 Å². The number of rotatable bonds is 8. The molecule has 1 amide bonds. The summed E-state index contributed by atoms with van der Waals surface area (Å²) in [6.45, 7) is 4.13. The van der Waals surface area contributed by atoms with Crippen molar-refractivity contribution in [1.82, 2.24) is 15.5 Å². The topological polar surface area (TPSA) is 68.0 Å². The Balaban J connectivity index is 1.71. The molecule has 2 atom stereocenters. The van der Waals surface area contributed by atoms with Gasteiger partial charge in [-0.05, 0) is 30.0 Å². The van der Waals surface area contributed by atoms with Crippen LogP contribution in [0.25, 0.3) is 11.4 Å². The van der Waals surface area contributed by atoms with E-state index >= 15 is 0 Å². The number of halogens is 1. The molecule has 2 aromatic carbocycles. The van der Waals surface area contributed by atoms with E-state index in [1.54, 1.807) is 12.1 Å². The van der Waals surface area contributed by atoms with E-state index in [2.05, 4.69) is 29.3 Å². The average Bonchev–Trinajstić information content (AvgIpc) is 3.20. The van der Waals surface area contributed by atoms with Crippen LogP contribution in [0.1, 0.15) is 44.2 Å². The van der Waals surface area contributed by atoms with Crippen LogP contribution in [0.5, 0.6) is 0 Å². The van der Waals surface area contributed by atoms with Gasteiger partial charge in [-0.15, -0.1) is 0 Å². The zero-order valence-corrected chi connectivity index (χ0v) is 16.8. The third kappa shape index (κ3) is 5.20. The van der Waals surface area contributed by atoms with Crippen LogP contribution in [0.4, 0.5) is 0 Å². The zero-order valence-electron chi connectivity index (χ0n) is 16.1. The van der Waals surface area contributed by atoms with Gasteiger partial charge in [-0.25, -0.2) is 0 Å². The van der Waals surface area contributed by atoms with E-state index in [0.29, 0.717) is 29.6 Å². The van der Waals surface area contributed by atoms with Crippen LogP contribution in [0.2, 0.25) is 5.02 Å². The standard InChI is InChI=1S/C22H24ClN3O2/c1-3-15(2)20(24-19(27)13-12-16-8-5-4-6-9-16)22-25-21(26-28-22)17-10-7-11-18(23)14-17/h4-11,14-15,20H,3,12-13H2,1-2H3,(H,24,27)/t15-,20+/m0/s1. The van der Waals surface area contributed by atoms with Gasteiger partial charge in [-0.3, -0.25) is 4.79 Å². The highest BCUT2D eigenvalue weighted by molar-refractivity contribution is 6.30. The molecule has 6 heteroatoms. The van der Waals surface area contributed by atoms with E-state index in [-0.39, 0.29) is 17.9 Å². The summed E-state index contributed by atoms with van der Waals surface area (Å²) in [5.41, 5.74) is 1.92. The summed E-state index contributed by atoms with van der Waals surface area (Å²) in [7, 11) is 0. The van der Waals surface area contributed by atoms with E-state index in [1.165, 1.54) is 0 Å². The van der Waals surface area contributed by atoms with Crippen molar-refractivity contribution in [1.29, 1.82) is 0 Å². The predicted octanol–water partition coefficient (Wildman–Crippen LogP) is 5.23. The number of nitrogens with zero attached hydrogens (tertiary/aromatic N) is 2. The van der Waals surface area contributed by atoms with Gasteiger partial charge in [0.2, 0.25) is 17.6 Å². The van der Waals surface area contributed by atoms with Crippen LogP contribution >= 0.6 is 11.6 Å². The first-order valence-electron chi connectivity index (χ1n) is 9.49. The molecule has 0 bridgehead atoms. The van der Waals surface area contributed by atoms with Crippen LogP contribution in [-0.2, 0) is 11.2 Å². The number of aromatic nitrogens is 2. The molecule has 1 heterocycles. The Labute approximate surface area is 170 Å². The lowest BCUT2D eigenvalue weighted by molar-refractivity contribution is -0.122. The van der Waals surface area contributed by atoms with Crippen molar-refractivity contribution < 1.29 is 9.32 Å². The quantitative estimate of drug-likeness (QED) is 0.565. The maximum absolute atomic E-state index is 12.5. The van der Waals surface area contributed by atoms with E-state index in [0.717, 1.165) is 17.5 Å². The number of benzene rings is 2. The first-order valence-corrected chi connectivity index (χ1v) is 9.87. The van der Waals surface area contributed by atoms with Gasteiger partial charge < -0.3 is 9.84 Å². The summed E-state index contributed by atoms with van der Waals surface area (Å²) >= 11 is 6.05. The van der Waals surface area contributed by atoms with Gasteiger partial charge in [-0.2, -0.15) is 4.98 Å². The smallest absolute Gasteiger partial charge is 0.249 e. The molecular formula is C22H24ClN3O2. The molecule has 1 N–H and O–H groups in total. The average molecular weight is 398 g/mol. The minimum absolute atomic E-state index is 0.0309. The molecular weight excluding hydrogens is 374 g/mol. The van der Waals surface area contributed by atoms with Crippen LogP contribution in [0.15, 0.2) is 59.1 Å². The van der Waals surface area contributed by atoms with Crippen molar-refractivity contribution in [3.63, 3.8) is 0 Å². The van der Waals surface area contributed by atoms with Crippen molar-refractivity contribution in [3.05, 3.63) is 71.1 Å². The largest absolute Gasteiger partial charge is 0.344 e. The Morgan fingerprint density at radius 3 is 2.68 bits per heavy atom. The van der Waals surface area contributed by atoms with E-state index < -0.39 is 0 Å². The molecule has 5 nitrogen and oxygen atoms in total. The molecule has 0 aliphatic rings. The second-order valence-corrected chi connectivity index (χ2v) is 7.32. The minimum Gasteiger partial charge on any atom is -0.344 e. The second-order valence-electron chi connectivity index (χ2n) is 6.88. The molecule has 0 saturated carbocycles. The number of nitrogens with one attached hydrogen (secondary N) is 1. The van der Waals surface area contributed by atoms with E-state index in [1.807, 2.05) is 42.5 Å². The molecule has 1 aromatic heterocycles. The van der Waals surface area contributed by atoms with Crippen LogP contribution in [-0.4, -0.2) is 16.0 Å². The Bertz CT molecular complexity index is 911. The Hall–Kier alpha value is -2.66. The number of carbonyl (C=O) groups excluding carboxylic acids is 1. The molecule has 0 saturated heterocycles. The molecule has 0 aliphatic heterocycles. The molecule has 3 aromatic rings. The van der Waals surface area contributed by atoms with Gasteiger partial charge in [0.1, 0.15) is 6.04 Å². The van der Waals surface area contributed by atoms with Crippen molar-refractivity contribution in [2.75, 3.05) is 0 Å². The fourth-order valence-corrected chi connectivity index (χ4v) is 3.13. The maximum atomic E-state index is 12.5. The third-order valence-electron chi connectivity index (χ3n) is 4.80. The number of amides is 1. The monoisotopic (exact) mass is 397 g/mol. The molecule has 0 radical (unpaired) electrons. The summed E-state index contributed by atoms with van der Waals surface area (Å²) in [6, 6.07) is 16.9. The first kappa shape index (κ1) is 20.1. The van der Waals surface area contributed by atoms with Gasteiger partial charge in [0.15, 0.2) is 0 Å². The fourth-order valence-electron chi connectivity index (χ4n) is 2.94. The highest BCUT2D eigenvalue weighted by atomic mass is 35.5. The van der Waals surface area contributed by atoms with Crippen molar-refractivity contribution >= 4 is 17.5 Å². The van der Waals surface area contributed by atoms with E-state index in [9.17, 15) is 4.79 Å². The van der Waals surface area contributed by atoms with Crippen molar-refractivity contribution in [2.45, 2.75) is 39.2 Å². The third-order valence-corrected chi connectivity index (χ3v) is 5.04. The number of carbonyl (C=O) groups is 1. The first-order chi connectivity index (χ1) is 13.6. The van der Waals surface area contributed by atoms with Gasteiger partial charge in [0, 0.05) is 17.0 Å². The molecule has 3 rings (SSSR count). The molecule has 0 fully saturated rings. The lowest BCUT2D eigenvalue weighted by Crippen LogP contribution is -2.32. The Morgan fingerprint density at radius 1 is 1.18 bits per heavy atom. The Kier molecular flexibility index (Phi) is 6.82. The molecule has 0 unspecified atom stereocenters. The molecule has 0 spiro atoms. The highest BCUT2D eigenvalue weighted by Gasteiger charge is 2.26. The number of aryl methyl sites for hydroxylation is 1. The van der Waals surface area contributed by atoms with Crippen LogP contribution < -0.4 is 5.32 Å². The van der Waals surface area contributed by atoms with Gasteiger partial charge in [-0.1, -0.05) is 79.5 Å². The fraction of sp³-hybridized carbons (Fsp3) is 0.318. The number of hydrogen-bond acceptors (Lipinski definition) is 4. The summed E-state index contributed by atoms with van der Waals surface area (Å²) in [5, 5.41) is 7.75. The van der Waals surface area contributed by atoms with Crippen LogP contribution in [0, 0.1) is 5.92 Å². The lowest BCUT2D eigenvalue weighted by Gasteiger charge is -2.20. The normalized spacial score (nSPS) is 13.1. The van der Waals surface area contributed by atoms with Gasteiger partial charge >= 0.3 is 0 Å². The SMILES string of the molecule is CC[C@H](C)[C@@H](NC(=O)CCc1ccccc1)c1nc(-c2cccc(Cl)c2)no1. The Morgan fingerprint density at radius 2 is 1.96 bits per heavy atom. The van der Waals surface area contributed by atoms with E-state index in [4.69, 9.17) is 16.1 Å². The number of hydrogen-bond donors (Lipinski definition) is 1. The molecule has 146 valence electrons. The van der Waals surface area contributed by atoms with Crippen LogP contribution in [0.3, 0.4) is 0 Å². The molecule has 0 aliphatic carbocycles. The molecule has 28 heavy (non-hydrogen) atoms. The summed E-state index contributed by atoms with van der Waals surface area (Å²) in [4.78, 5) is 17.0. The summed E-state index contributed by atoms with van der Waals surface area (Å²) < 4.78 is 5.49. The zero-order chi connectivity index (χ0) is 19.9. The van der Waals surface area contributed by atoms with Gasteiger partial charge in [0.05, 0.1) is 0 Å². The summed E-state index contributed by atoms with van der Waals surface area (Å²) in [6.07, 6.45) is 1.97. The lowest BCUT2D eigenvalue weighted by atomic mass is 9.98. The highest BCUT2D eigenvalue weighted by Crippen LogP contribution is 2.26. The minimum atomic E-state index is -0.325. The maximum Gasteiger partial charge on any atom is 0.249 e. The predicted molar refractivity (Wildman–Crippen MR) is 110 cm³/mol. The summed E-state index contributed by atoms with van der Waals surface area (Å²) in [5.74, 6) is 1.01. The second kappa shape index (κ2) is 9.51.